The summed E-state index contributed by atoms with van der Waals surface area (Å²) in [6.45, 7) is 0.620. The molecule has 5 heteroatoms. The zero-order valence-electron chi connectivity index (χ0n) is 8.60. The molecular weight excluding hydrogens is 244 g/mol. The van der Waals surface area contributed by atoms with Crippen LogP contribution in [-0.4, -0.2) is 16.6 Å². The summed E-state index contributed by atoms with van der Waals surface area (Å²) in [5, 5.41) is 2.06. The Hall–Kier alpha value is -1.13. The smallest absolute Gasteiger partial charge is 0.232 e. The van der Waals surface area contributed by atoms with Crippen LogP contribution in [0.25, 0.3) is 0 Å². The highest BCUT2D eigenvalue weighted by molar-refractivity contribution is 7.09. The maximum atomic E-state index is 5.61. The van der Waals surface area contributed by atoms with E-state index in [1.165, 1.54) is 4.88 Å². The monoisotopic (exact) mass is 254 g/mol. The fourth-order valence-electron chi connectivity index (χ4n) is 1.20. The van der Waals surface area contributed by atoms with Crippen molar-refractivity contribution < 1.29 is 4.74 Å². The van der Waals surface area contributed by atoms with E-state index in [-0.39, 0.29) is 0 Å². The van der Waals surface area contributed by atoms with Crippen molar-refractivity contribution in [1.29, 1.82) is 0 Å². The lowest BCUT2D eigenvalue weighted by molar-refractivity contribution is 0.309. The van der Waals surface area contributed by atoms with Crippen LogP contribution in [0.1, 0.15) is 10.6 Å². The third-order valence-electron chi connectivity index (χ3n) is 2.00. The van der Waals surface area contributed by atoms with Crippen molar-refractivity contribution in [2.75, 3.05) is 6.61 Å². The van der Waals surface area contributed by atoms with Crippen molar-refractivity contribution in [1.82, 2.24) is 9.97 Å². The van der Waals surface area contributed by atoms with E-state index in [0.29, 0.717) is 18.4 Å². The fraction of sp³-hybridized carbons (Fsp3) is 0.273. The highest BCUT2D eigenvalue weighted by Crippen LogP contribution is 2.10. The van der Waals surface area contributed by atoms with Gasteiger partial charge in [0.1, 0.15) is 0 Å². The van der Waals surface area contributed by atoms with Gasteiger partial charge in [-0.2, -0.15) is 0 Å². The van der Waals surface area contributed by atoms with Crippen molar-refractivity contribution in [3.8, 4) is 5.88 Å². The number of halogens is 1. The maximum absolute atomic E-state index is 5.61. The lowest BCUT2D eigenvalue weighted by atomic mass is 10.4. The van der Waals surface area contributed by atoms with Crippen molar-refractivity contribution in [3.63, 3.8) is 0 Å². The van der Waals surface area contributed by atoms with E-state index in [1.807, 2.05) is 6.07 Å². The normalized spacial score (nSPS) is 10.3. The Kier molecular flexibility index (Phi) is 4.13. The van der Waals surface area contributed by atoms with Gasteiger partial charge in [-0.1, -0.05) is 6.07 Å². The van der Waals surface area contributed by atoms with Gasteiger partial charge >= 0.3 is 0 Å². The number of aromatic nitrogens is 2. The second-order valence-electron chi connectivity index (χ2n) is 3.16. The second kappa shape index (κ2) is 5.82. The number of hydrogen-bond acceptors (Lipinski definition) is 4. The van der Waals surface area contributed by atoms with E-state index in [2.05, 4.69) is 21.4 Å². The number of ether oxygens (including phenoxy) is 1. The maximum Gasteiger partial charge on any atom is 0.232 e. The molecule has 2 aromatic rings. The van der Waals surface area contributed by atoms with E-state index < -0.39 is 0 Å². The van der Waals surface area contributed by atoms with Gasteiger partial charge in [0.25, 0.3) is 0 Å². The zero-order valence-corrected chi connectivity index (χ0v) is 10.2. The van der Waals surface area contributed by atoms with Crippen LogP contribution in [0.5, 0.6) is 5.88 Å². The summed E-state index contributed by atoms with van der Waals surface area (Å²) in [6.07, 6.45) is 4.14. The summed E-state index contributed by atoms with van der Waals surface area (Å²) in [7, 11) is 0. The van der Waals surface area contributed by atoms with Gasteiger partial charge in [0.15, 0.2) is 0 Å². The lowest BCUT2D eigenvalue weighted by Gasteiger charge is -2.03. The standard InChI is InChI=1S/C11H11ClN2OS/c12-6-9-7-14-11(8-13-9)15-4-3-10-2-1-5-16-10/h1-2,5,7-8H,3-4,6H2. The first kappa shape index (κ1) is 11.4. The van der Waals surface area contributed by atoms with Gasteiger partial charge < -0.3 is 4.74 Å². The molecule has 0 N–H and O–H groups in total. The van der Waals surface area contributed by atoms with Crippen LogP contribution in [0.2, 0.25) is 0 Å². The Bertz CT molecular complexity index is 416. The van der Waals surface area contributed by atoms with Crippen LogP contribution >= 0.6 is 22.9 Å². The molecule has 0 bridgehead atoms. The molecule has 0 radical (unpaired) electrons. The molecule has 0 aliphatic rings. The Morgan fingerprint density at radius 2 is 2.25 bits per heavy atom. The molecule has 2 heterocycles. The molecular formula is C11H11ClN2OS. The van der Waals surface area contributed by atoms with Crippen LogP contribution < -0.4 is 4.74 Å². The average Bonchev–Trinajstić information content (AvgIpc) is 2.83. The highest BCUT2D eigenvalue weighted by atomic mass is 35.5. The third kappa shape index (κ3) is 3.18. The summed E-state index contributed by atoms with van der Waals surface area (Å²) in [5.41, 5.74) is 0.757. The summed E-state index contributed by atoms with van der Waals surface area (Å²) in [5.74, 6) is 0.924. The lowest BCUT2D eigenvalue weighted by Crippen LogP contribution is -2.02. The molecule has 84 valence electrons. The summed E-state index contributed by atoms with van der Waals surface area (Å²) in [6, 6.07) is 4.13. The number of alkyl halides is 1. The van der Waals surface area contributed by atoms with Gasteiger partial charge in [-0.15, -0.1) is 22.9 Å². The van der Waals surface area contributed by atoms with Crippen LogP contribution in [0.4, 0.5) is 0 Å². The van der Waals surface area contributed by atoms with Gasteiger partial charge in [-0.3, -0.25) is 4.98 Å². The van der Waals surface area contributed by atoms with Gasteiger partial charge in [0.2, 0.25) is 5.88 Å². The van der Waals surface area contributed by atoms with Crippen LogP contribution in [0, 0.1) is 0 Å². The van der Waals surface area contributed by atoms with E-state index >= 15 is 0 Å². The SMILES string of the molecule is ClCc1cnc(OCCc2cccs2)cn1. The van der Waals surface area contributed by atoms with E-state index in [0.717, 1.165) is 12.1 Å². The molecule has 0 amide bonds. The Morgan fingerprint density at radius 3 is 2.88 bits per heavy atom. The second-order valence-corrected chi connectivity index (χ2v) is 4.46. The minimum atomic E-state index is 0.377. The Balaban J connectivity index is 1.81. The first-order valence-corrected chi connectivity index (χ1v) is 6.32. The molecule has 0 unspecified atom stereocenters. The van der Waals surface area contributed by atoms with Crippen LogP contribution in [0.3, 0.4) is 0 Å². The van der Waals surface area contributed by atoms with Crippen LogP contribution in [0.15, 0.2) is 29.9 Å². The topological polar surface area (TPSA) is 35.0 Å². The van der Waals surface area contributed by atoms with Crippen molar-refractivity contribution >= 4 is 22.9 Å². The molecule has 0 aliphatic heterocycles. The summed E-state index contributed by atoms with van der Waals surface area (Å²) < 4.78 is 5.47. The number of thiophene rings is 1. The van der Waals surface area contributed by atoms with E-state index in [4.69, 9.17) is 16.3 Å². The molecule has 0 aromatic carbocycles. The molecule has 2 aromatic heterocycles. The number of rotatable bonds is 5. The highest BCUT2D eigenvalue weighted by Gasteiger charge is 1.98. The van der Waals surface area contributed by atoms with Crippen molar-refractivity contribution in [3.05, 3.63) is 40.5 Å². The minimum absolute atomic E-state index is 0.377. The van der Waals surface area contributed by atoms with Crippen molar-refractivity contribution in [2.24, 2.45) is 0 Å². The van der Waals surface area contributed by atoms with Gasteiger partial charge in [0, 0.05) is 11.3 Å². The quantitative estimate of drug-likeness (QED) is 0.770. The Morgan fingerprint density at radius 1 is 1.31 bits per heavy atom. The Labute approximate surface area is 103 Å². The number of nitrogens with zero attached hydrogens (tertiary/aromatic N) is 2. The fourth-order valence-corrected chi connectivity index (χ4v) is 2.03. The van der Waals surface area contributed by atoms with Gasteiger partial charge in [0.05, 0.1) is 30.6 Å². The third-order valence-corrected chi connectivity index (χ3v) is 3.21. The number of hydrogen-bond donors (Lipinski definition) is 0. The molecule has 0 saturated heterocycles. The first-order valence-electron chi connectivity index (χ1n) is 4.90. The van der Waals surface area contributed by atoms with Gasteiger partial charge in [-0.25, -0.2) is 4.98 Å². The summed E-state index contributed by atoms with van der Waals surface area (Å²) in [4.78, 5) is 9.51. The van der Waals surface area contributed by atoms with Crippen molar-refractivity contribution in [2.45, 2.75) is 12.3 Å². The molecule has 0 atom stereocenters. The molecule has 16 heavy (non-hydrogen) atoms. The molecule has 2 rings (SSSR count). The molecule has 0 spiro atoms. The largest absolute Gasteiger partial charge is 0.476 e. The predicted molar refractivity (Wildman–Crippen MR) is 65.1 cm³/mol. The molecule has 3 nitrogen and oxygen atoms in total. The predicted octanol–water partition coefficient (Wildman–Crippen LogP) is 2.90. The zero-order chi connectivity index (χ0) is 11.2. The van der Waals surface area contributed by atoms with E-state index in [9.17, 15) is 0 Å². The average molecular weight is 255 g/mol. The first-order chi connectivity index (χ1) is 7.88. The molecule has 0 fully saturated rings. The molecule has 0 aliphatic carbocycles. The van der Waals surface area contributed by atoms with E-state index in [1.54, 1.807) is 23.7 Å². The van der Waals surface area contributed by atoms with Gasteiger partial charge in [-0.05, 0) is 11.4 Å². The van der Waals surface area contributed by atoms with Crippen LogP contribution in [-0.2, 0) is 12.3 Å². The minimum Gasteiger partial charge on any atom is -0.476 e. The summed E-state index contributed by atoms with van der Waals surface area (Å²) >= 11 is 7.34. The molecule has 0 saturated carbocycles.